The maximum absolute atomic E-state index is 12.6. The van der Waals surface area contributed by atoms with Crippen LogP contribution in [-0.2, 0) is 16.1 Å². The van der Waals surface area contributed by atoms with E-state index in [-0.39, 0.29) is 24.1 Å². The number of amides is 2. The Hall–Kier alpha value is -2.60. The molecule has 0 atom stereocenters. The maximum atomic E-state index is 12.6. The molecule has 0 saturated carbocycles. The Bertz CT molecular complexity index is 724. The Morgan fingerprint density at radius 3 is 2.64 bits per heavy atom. The van der Waals surface area contributed by atoms with Crippen molar-refractivity contribution in [1.29, 1.82) is 0 Å². The fourth-order valence-electron chi connectivity index (χ4n) is 2.47. The number of rotatable bonds is 8. The van der Waals surface area contributed by atoms with Gasteiger partial charge in [0.2, 0.25) is 5.91 Å². The molecule has 0 bridgehead atoms. The predicted molar refractivity (Wildman–Crippen MR) is 95.4 cm³/mol. The zero-order valence-corrected chi connectivity index (χ0v) is 14.9. The number of para-hydroxylation sites is 1. The van der Waals surface area contributed by atoms with Gasteiger partial charge in [-0.2, -0.15) is 0 Å². The van der Waals surface area contributed by atoms with Gasteiger partial charge in [0.05, 0.1) is 0 Å². The average molecular weight is 344 g/mol. The van der Waals surface area contributed by atoms with Gasteiger partial charge in [0.25, 0.3) is 5.91 Å². The molecular weight excluding hydrogens is 320 g/mol. The van der Waals surface area contributed by atoms with Crippen LogP contribution in [0.1, 0.15) is 35.2 Å². The number of methoxy groups -OCH3 is 1. The first-order valence-electron chi connectivity index (χ1n) is 8.27. The number of nitrogens with one attached hydrogen (secondary N) is 1. The van der Waals surface area contributed by atoms with Crippen LogP contribution in [0.4, 0.5) is 5.69 Å². The summed E-state index contributed by atoms with van der Waals surface area (Å²) in [5.41, 5.74) is 1.72. The van der Waals surface area contributed by atoms with E-state index in [1.54, 1.807) is 19.2 Å². The average Bonchev–Trinajstić information content (AvgIpc) is 3.05. The number of furan rings is 1. The molecule has 0 radical (unpaired) electrons. The molecule has 6 heteroatoms. The first kappa shape index (κ1) is 18.7. The van der Waals surface area contributed by atoms with Crippen molar-refractivity contribution < 1.29 is 18.7 Å². The van der Waals surface area contributed by atoms with E-state index in [0.29, 0.717) is 18.9 Å². The van der Waals surface area contributed by atoms with Gasteiger partial charge in [-0.25, -0.2) is 0 Å². The lowest BCUT2D eigenvalue weighted by atomic mass is 10.2. The van der Waals surface area contributed by atoms with Crippen LogP contribution in [0.5, 0.6) is 0 Å². The van der Waals surface area contributed by atoms with E-state index in [4.69, 9.17) is 9.15 Å². The summed E-state index contributed by atoms with van der Waals surface area (Å²) in [4.78, 5) is 26.4. The molecule has 1 heterocycles. The van der Waals surface area contributed by atoms with Gasteiger partial charge in [0.1, 0.15) is 18.9 Å². The summed E-state index contributed by atoms with van der Waals surface area (Å²) in [5, 5.41) is 2.85. The van der Waals surface area contributed by atoms with E-state index in [9.17, 15) is 9.59 Å². The van der Waals surface area contributed by atoms with Crippen LogP contribution in [-0.4, -0.2) is 36.9 Å². The summed E-state index contributed by atoms with van der Waals surface area (Å²) in [6.07, 6.45) is 0.745. The first-order chi connectivity index (χ1) is 12.0. The van der Waals surface area contributed by atoms with Crippen molar-refractivity contribution in [2.75, 3.05) is 25.5 Å². The monoisotopic (exact) mass is 344 g/mol. The van der Waals surface area contributed by atoms with Gasteiger partial charge >= 0.3 is 0 Å². The summed E-state index contributed by atoms with van der Waals surface area (Å²) >= 11 is 0. The van der Waals surface area contributed by atoms with E-state index in [0.717, 1.165) is 17.7 Å². The zero-order valence-electron chi connectivity index (χ0n) is 14.9. The highest BCUT2D eigenvalue weighted by Gasteiger charge is 2.21. The Kier molecular flexibility index (Phi) is 6.77. The molecule has 2 amide bonds. The van der Waals surface area contributed by atoms with E-state index in [2.05, 4.69) is 5.32 Å². The number of aryl methyl sites for hydroxylation is 1. The molecule has 134 valence electrons. The second kappa shape index (κ2) is 9.03. The smallest absolute Gasteiger partial charge is 0.290 e. The van der Waals surface area contributed by atoms with Crippen molar-refractivity contribution in [2.45, 2.75) is 26.9 Å². The molecule has 0 aliphatic heterocycles. The van der Waals surface area contributed by atoms with Crippen LogP contribution < -0.4 is 5.32 Å². The number of benzene rings is 1. The van der Waals surface area contributed by atoms with Crippen LogP contribution in [0.2, 0.25) is 0 Å². The first-order valence-corrected chi connectivity index (χ1v) is 8.27. The topological polar surface area (TPSA) is 71.8 Å². The number of carbonyl (C=O) groups is 2. The highest BCUT2D eigenvalue weighted by atomic mass is 16.5. The molecule has 0 fully saturated rings. The van der Waals surface area contributed by atoms with Crippen LogP contribution in [0.15, 0.2) is 40.8 Å². The quantitative estimate of drug-likeness (QED) is 0.798. The third-order valence-electron chi connectivity index (χ3n) is 3.69. The molecule has 25 heavy (non-hydrogen) atoms. The standard InChI is InChI=1S/C19H24N2O4/c1-4-11-21(19(23)17-10-9-15(25-17)13-24-3)12-18(22)20-16-8-6-5-7-14(16)2/h5-10H,4,11-13H2,1-3H3,(H,20,22). The molecule has 0 spiro atoms. The molecule has 0 aliphatic rings. The normalized spacial score (nSPS) is 10.5. The minimum absolute atomic E-state index is 0.0265. The van der Waals surface area contributed by atoms with Gasteiger partial charge in [-0.3, -0.25) is 9.59 Å². The summed E-state index contributed by atoms with van der Waals surface area (Å²) in [6, 6.07) is 10.8. The Balaban J connectivity index is 2.04. The molecule has 1 N–H and O–H groups in total. The van der Waals surface area contributed by atoms with Gasteiger partial charge < -0.3 is 19.4 Å². The van der Waals surface area contributed by atoms with Crippen LogP contribution in [0.3, 0.4) is 0 Å². The highest BCUT2D eigenvalue weighted by Crippen LogP contribution is 2.15. The number of ether oxygens (including phenoxy) is 1. The molecule has 6 nitrogen and oxygen atoms in total. The summed E-state index contributed by atoms with van der Waals surface area (Å²) in [7, 11) is 1.56. The van der Waals surface area contributed by atoms with Crippen molar-refractivity contribution in [3.63, 3.8) is 0 Å². The number of carbonyl (C=O) groups excluding carboxylic acids is 2. The minimum Gasteiger partial charge on any atom is -0.453 e. The molecular formula is C19H24N2O4. The third-order valence-corrected chi connectivity index (χ3v) is 3.69. The number of anilines is 1. The van der Waals surface area contributed by atoms with Crippen molar-refractivity contribution in [2.24, 2.45) is 0 Å². The van der Waals surface area contributed by atoms with Crippen LogP contribution in [0, 0.1) is 6.92 Å². The Morgan fingerprint density at radius 2 is 1.96 bits per heavy atom. The Labute approximate surface area is 147 Å². The lowest BCUT2D eigenvalue weighted by Crippen LogP contribution is -2.38. The minimum atomic E-state index is -0.302. The number of nitrogens with zero attached hydrogens (tertiary/aromatic N) is 1. The van der Waals surface area contributed by atoms with E-state index in [1.165, 1.54) is 4.90 Å². The van der Waals surface area contributed by atoms with Crippen molar-refractivity contribution in [1.82, 2.24) is 4.90 Å². The number of hydrogen-bond donors (Lipinski definition) is 1. The van der Waals surface area contributed by atoms with Gasteiger partial charge in [-0.05, 0) is 37.1 Å². The van der Waals surface area contributed by atoms with Crippen molar-refractivity contribution >= 4 is 17.5 Å². The highest BCUT2D eigenvalue weighted by molar-refractivity contribution is 5.98. The van der Waals surface area contributed by atoms with Crippen LogP contribution in [0.25, 0.3) is 0 Å². The summed E-state index contributed by atoms with van der Waals surface area (Å²) in [5.74, 6) is 0.250. The summed E-state index contributed by atoms with van der Waals surface area (Å²) in [6.45, 7) is 4.62. The van der Waals surface area contributed by atoms with Crippen molar-refractivity contribution in [3.8, 4) is 0 Å². The van der Waals surface area contributed by atoms with E-state index in [1.807, 2.05) is 38.1 Å². The molecule has 1 aromatic carbocycles. The van der Waals surface area contributed by atoms with Gasteiger partial charge in [-0.15, -0.1) is 0 Å². The third kappa shape index (κ3) is 5.19. The van der Waals surface area contributed by atoms with Gasteiger partial charge in [0, 0.05) is 19.3 Å². The van der Waals surface area contributed by atoms with E-state index >= 15 is 0 Å². The molecule has 1 aromatic heterocycles. The number of hydrogen-bond acceptors (Lipinski definition) is 4. The molecule has 2 aromatic rings. The second-order valence-electron chi connectivity index (χ2n) is 5.79. The zero-order chi connectivity index (χ0) is 18.2. The SMILES string of the molecule is CCCN(CC(=O)Nc1ccccc1C)C(=O)c1ccc(COC)o1. The predicted octanol–water partition coefficient (Wildman–Crippen LogP) is 3.23. The molecule has 2 rings (SSSR count). The molecule has 0 aliphatic carbocycles. The largest absolute Gasteiger partial charge is 0.453 e. The van der Waals surface area contributed by atoms with Crippen molar-refractivity contribution in [3.05, 3.63) is 53.5 Å². The fraction of sp³-hybridized carbons (Fsp3) is 0.368. The summed E-state index contributed by atoms with van der Waals surface area (Å²) < 4.78 is 10.5. The van der Waals surface area contributed by atoms with E-state index < -0.39 is 0 Å². The lowest BCUT2D eigenvalue weighted by Gasteiger charge is -2.20. The van der Waals surface area contributed by atoms with Crippen LogP contribution >= 0.6 is 0 Å². The molecule has 0 unspecified atom stereocenters. The lowest BCUT2D eigenvalue weighted by molar-refractivity contribution is -0.116. The Morgan fingerprint density at radius 1 is 1.20 bits per heavy atom. The molecule has 0 saturated heterocycles. The second-order valence-corrected chi connectivity index (χ2v) is 5.79. The van der Waals surface area contributed by atoms with Gasteiger partial charge in [0.15, 0.2) is 5.76 Å². The maximum Gasteiger partial charge on any atom is 0.290 e. The van der Waals surface area contributed by atoms with Gasteiger partial charge in [-0.1, -0.05) is 25.1 Å². The fourth-order valence-corrected chi connectivity index (χ4v) is 2.47.